The first-order chi connectivity index (χ1) is 15.4. The normalized spacial score (nSPS) is 10.2. The highest BCUT2D eigenvalue weighted by atomic mass is 35.5. The molecule has 1 amide bonds. The summed E-state index contributed by atoms with van der Waals surface area (Å²) in [5, 5.41) is 15.1. The summed E-state index contributed by atoms with van der Waals surface area (Å²) < 4.78 is 10.5. The summed E-state index contributed by atoms with van der Waals surface area (Å²) in [4.78, 5) is 30.8. The molecule has 3 rings (SSSR count). The largest absolute Gasteiger partial charge is 0.495 e. The smallest absolute Gasteiger partial charge is 0.355 e. The van der Waals surface area contributed by atoms with Crippen LogP contribution in [0.4, 0.5) is 23.0 Å². The molecule has 166 valence electrons. The first-order valence-electron chi connectivity index (χ1n) is 8.91. The van der Waals surface area contributed by atoms with Crippen LogP contribution in [0, 0.1) is 10.1 Å². The van der Waals surface area contributed by atoms with Gasteiger partial charge in [0.05, 0.1) is 22.7 Å². The molecule has 0 bridgehead atoms. The van der Waals surface area contributed by atoms with Crippen LogP contribution in [0.5, 0.6) is 11.5 Å². The van der Waals surface area contributed by atoms with Gasteiger partial charge in [-0.3, -0.25) is 25.8 Å². The molecule has 0 saturated heterocycles. The minimum Gasteiger partial charge on any atom is -0.495 e. The van der Waals surface area contributed by atoms with E-state index in [9.17, 15) is 14.9 Å². The third-order valence-corrected chi connectivity index (χ3v) is 4.47. The summed E-state index contributed by atoms with van der Waals surface area (Å²) in [7, 11) is 1.47. The molecule has 1 heterocycles. The van der Waals surface area contributed by atoms with Crippen LogP contribution >= 0.6 is 23.2 Å². The van der Waals surface area contributed by atoms with Gasteiger partial charge in [0.15, 0.2) is 6.61 Å². The van der Waals surface area contributed by atoms with Gasteiger partial charge in [0, 0.05) is 5.02 Å². The fourth-order valence-corrected chi connectivity index (χ4v) is 2.97. The fraction of sp³-hybridized carbons (Fsp3) is 0.105. The Morgan fingerprint density at radius 3 is 2.59 bits per heavy atom. The van der Waals surface area contributed by atoms with E-state index >= 15 is 0 Å². The number of rotatable bonds is 9. The molecule has 0 atom stereocenters. The Morgan fingerprint density at radius 1 is 1.12 bits per heavy atom. The molecule has 1 aromatic heterocycles. The third kappa shape index (κ3) is 5.65. The maximum Gasteiger partial charge on any atom is 0.355 e. The lowest BCUT2D eigenvalue weighted by Gasteiger charge is -2.13. The van der Waals surface area contributed by atoms with E-state index in [1.165, 1.54) is 19.2 Å². The van der Waals surface area contributed by atoms with Crippen LogP contribution in [0.3, 0.4) is 0 Å². The predicted octanol–water partition coefficient (Wildman–Crippen LogP) is 3.97. The lowest BCUT2D eigenvalue weighted by atomic mass is 10.3. The van der Waals surface area contributed by atoms with Gasteiger partial charge in [-0.15, -0.1) is 0 Å². The van der Waals surface area contributed by atoms with Crippen molar-refractivity contribution in [1.82, 2.24) is 15.4 Å². The number of carbonyl (C=O) groups is 1. The monoisotopic (exact) mass is 478 g/mol. The molecule has 0 aliphatic rings. The number of methoxy groups -OCH3 is 1. The molecular weight excluding hydrogens is 463 g/mol. The van der Waals surface area contributed by atoms with Crippen LogP contribution in [0.25, 0.3) is 0 Å². The molecule has 0 radical (unpaired) electrons. The molecule has 0 unspecified atom stereocenters. The number of amides is 1. The van der Waals surface area contributed by atoms with Crippen molar-refractivity contribution in [3.8, 4) is 11.5 Å². The van der Waals surface area contributed by atoms with E-state index in [0.717, 1.165) is 6.33 Å². The van der Waals surface area contributed by atoms with Crippen molar-refractivity contribution in [1.29, 1.82) is 0 Å². The SMILES string of the molecule is COc1ccccc1Nc1ncnc(NNC(=O)COc2ccc(Cl)cc2Cl)c1[N+](=O)[O-]. The number of ether oxygens (including phenoxy) is 2. The van der Waals surface area contributed by atoms with Crippen LogP contribution in [-0.2, 0) is 4.79 Å². The van der Waals surface area contributed by atoms with Gasteiger partial charge in [-0.1, -0.05) is 35.3 Å². The van der Waals surface area contributed by atoms with Crippen LogP contribution < -0.4 is 25.6 Å². The van der Waals surface area contributed by atoms with Gasteiger partial charge in [0.2, 0.25) is 11.6 Å². The van der Waals surface area contributed by atoms with Crippen LogP contribution in [0.15, 0.2) is 48.8 Å². The van der Waals surface area contributed by atoms with Gasteiger partial charge in [0.1, 0.15) is 17.8 Å². The average Bonchev–Trinajstić information content (AvgIpc) is 2.77. The molecule has 3 N–H and O–H groups in total. The first kappa shape index (κ1) is 22.8. The number of para-hydroxylation sites is 2. The summed E-state index contributed by atoms with van der Waals surface area (Å²) in [6.07, 6.45) is 1.10. The second-order valence-corrected chi connectivity index (χ2v) is 6.88. The molecule has 13 heteroatoms. The number of halogens is 2. The number of hydrazine groups is 1. The maximum absolute atomic E-state index is 12.1. The van der Waals surface area contributed by atoms with Gasteiger partial charge in [-0.25, -0.2) is 9.97 Å². The van der Waals surface area contributed by atoms with Crippen LogP contribution in [0.1, 0.15) is 0 Å². The molecule has 2 aromatic carbocycles. The Kier molecular flexibility index (Phi) is 7.47. The predicted molar refractivity (Wildman–Crippen MR) is 119 cm³/mol. The van der Waals surface area contributed by atoms with Crippen molar-refractivity contribution in [2.75, 3.05) is 24.5 Å². The number of anilines is 3. The van der Waals surface area contributed by atoms with E-state index in [0.29, 0.717) is 16.5 Å². The van der Waals surface area contributed by atoms with E-state index < -0.39 is 23.1 Å². The highest BCUT2D eigenvalue weighted by molar-refractivity contribution is 6.35. The van der Waals surface area contributed by atoms with E-state index in [1.54, 1.807) is 30.3 Å². The third-order valence-electron chi connectivity index (χ3n) is 3.94. The quantitative estimate of drug-likeness (QED) is 0.307. The van der Waals surface area contributed by atoms with Crippen molar-refractivity contribution in [3.63, 3.8) is 0 Å². The molecule has 32 heavy (non-hydrogen) atoms. The molecule has 0 aliphatic carbocycles. The summed E-state index contributed by atoms with van der Waals surface area (Å²) in [6.45, 7) is -0.417. The maximum atomic E-state index is 12.1. The van der Waals surface area contributed by atoms with Crippen molar-refractivity contribution >= 4 is 52.1 Å². The zero-order valence-corrected chi connectivity index (χ0v) is 18.0. The van der Waals surface area contributed by atoms with Gasteiger partial charge < -0.3 is 14.8 Å². The number of carbonyl (C=O) groups excluding carboxylic acids is 1. The van der Waals surface area contributed by atoms with Crippen molar-refractivity contribution in [2.24, 2.45) is 0 Å². The van der Waals surface area contributed by atoms with Crippen molar-refractivity contribution in [3.05, 3.63) is 69.0 Å². The molecule has 0 aliphatic heterocycles. The summed E-state index contributed by atoms with van der Waals surface area (Å²) >= 11 is 11.8. The molecular formula is C19H16Cl2N6O5. The number of nitrogens with zero attached hydrogens (tertiary/aromatic N) is 3. The van der Waals surface area contributed by atoms with E-state index in [4.69, 9.17) is 32.7 Å². The summed E-state index contributed by atoms with van der Waals surface area (Å²) in [5.41, 5.74) is 4.66. The molecule has 0 saturated carbocycles. The van der Waals surface area contributed by atoms with Gasteiger partial charge in [0.25, 0.3) is 5.91 Å². The highest BCUT2D eigenvalue weighted by Crippen LogP contribution is 2.33. The first-order valence-corrected chi connectivity index (χ1v) is 9.66. The molecule has 3 aromatic rings. The zero-order chi connectivity index (χ0) is 23.1. The molecule has 0 fully saturated rings. The molecule has 0 spiro atoms. The van der Waals surface area contributed by atoms with Gasteiger partial charge in [-0.05, 0) is 30.3 Å². The Hall–Kier alpha value is -3.83. The lowest BCUT2D eigenvalue weighted by Crippen LogP contribution is -2.34. The van der Waals surface area contributed by atoms with E-state index in [-0.39, 0.29) is 22.4 Å². The van der Waals surface area contributed by atoms with Gasteiger partial charge >= 0.3 is 5.69 Å². The highest BCUT2D eigenvalue weighted by Gasteiger charge is 2.24. The average molecular weight is 479 g/mol. The minimum atomic E-state index is -0.684. The second kappa shape index (κ2) is 10.5. The Morgan fingerprint density at radius 2 is 1.88 bits per heavy atom. The Balaban J connectivity index is 1.70. The van der Waals surface area contributed by atoms with E-state index in [1.807, 2.05) is 0 Å². The number of benzene rings is 2. The Bertz CT molecular complexity index is 1150. The zero-order valence-electron chi connectivity index (χ0n) is 16.5. The standard InChI is InChI=1S/C19H16Cl2N6O5/c1-31-15-5-3-2-4-13(15)24-18-17(27(29)30)19(23-10-22-18)26-25-16(28)9-32-14-7-6-11(20)8-12(14)21/h2-8,10H,9H2,1H3,(H,25,28)(H2,22,23,24,26). The topological polar surface area (TPSA) is 141 Å². The molecule has 11 nitrogen and oxygen atoms in total. The van der Waals surface area contributed by atoms with Crippen molar-refractivity contribution < 1.29 is 19.2 Å². The number of aromatic nitrogens is 2. The number of nitro groups is 1. The number of hydrogen-bond acceptors (Lipinski definition) is 9. The fourth-order valence-electron chi connectivity index (χ4n) is 2.51. The number of nitrogens with one attached hydrogen (secondary N) is 3. The Labute approximate surface area is 191 Å². The van der Waals surface area contributed by atoms with E-state index in [2.05, 4.69) is 26.1 Å². The summed E-state index contributed by atoms with van der Waals surface area (Å²) in [6, 6.07) is 11.4. The lowest BCUT2D eigenvalue weighted by molar-refractivity contribution is -0.383. The van der Waals surface area contributed by atoms with Crippen LogP contribution in [0.2, 0.25) is 10.0 Å². The minimum absolute atomic E-state index is 0.101. The van der Waals surface area contributed by atoms with Crippen molar-refractivity contribution in [2.45, 2.75) is 0 Å². The summed E-state index contributed by atoms with van der Waals surface area (Å²) in [5.74, 6) is -0.261. The second-order valence-electron chi connectivity index (χ2n) is 6.04. The number of hydrogen-bond donors (Lipinski definition) is 3. The van der Waals surface area contributed by atoms with Crippen LogP contribution in [-0.4, -0.2) is 34.5 Å². The van der Waals surface area contributed by atoms with Gasteiger partial charge in [-0.2, -0.15) is 0 Å².